The lowest BCUT2D eigenvalue weighted by Crippen LogP contribution is -2.31. The molecule has 1 aliphatic heterocycles. The number of ether oxygens (including phenoxy) is 2. The summed E-state index contributed by atoms with van der Waals surface area (Å²) in [5.74, 6) is -0.344. The number of rotatable bonds is 12. The quantitative estimate of drug-likeness (QED) is 0.0648. The lowest BCUT2D eigenvalue weighted by molar-refractivity contribution is -0.117. The molecule has 3 aromatic carbocycles. The number of hydrogen-bond acceptors (Lipinski definition) is 10. The zero-order valence-electron chi connectivity index (χ0n) is 24.1. The van der Waals surface area contributed by atoms with Gasteiger partial charge in [-0.05, 0) is 41.8 Å². The lowest BCUT2D eigenvalue weighted by atomic mass is 9.95. The molecule has 0 bridgehead atoms. The van der Waals surface area contributed by atoms with Gasteiger partial charge in [0.1, 0.15) is 5.75 Å². The summed E-state index contributed by atoms with van der Waals surface area (Å²) >= 11 is 2.71. The molecule has 0 fully saturated rings. The predicted molar refractivity (Wildman–Crippen MR) is 170 cm³/mol. The number of hydrogen-bond donors (Lipinski definition) is 1. The van der Waals surface area contributed by atoms with Crippen LogP contribution in [0.4, 0.5) is 5.13 Å². The van der Waals surface area contributed by atoms with Crippen molar-refractivity contribution in [3.63, 3.8) is 0 Å². The van der Waals surface area contributed by atoms with Crippen LogP contribution in [0.2, 0.25) is 0 Å². The highest BCUT2D eigenvalue weighted by molar-refractivity contribution is 8.00. The van der Waals surface area contributed by atoms with E-state index in [0.29, 0.717) is 44.7 Å². The Labute approximate surface area is 262 Å². The first-order valence-corrected chi connectivity index (χ1v) is 15.9. The highest BCUT2D eigenvalue weighted by Gasteiger charge is 2.47. The van der Waals surface area contributed by atoms with Crippen molar-refractivity contribution in [1.82, 2.24) is 10.2 Å². The number of fused-ring (bicyclic) bond motifs is 1. The molecule has 5 aromatic rings. The predicted octanol–water partition coefficient (Wildman–Crippen LogP) is 7.55. The Kier molecular flexibility index (Phi) is 8.67. The number of methoxy groups -OCH3 is 1. The van der Waals surface area contributed by atoms with Crippen LogP contribution in [-0.2, 0) is 10.5 Å². The van der Waals surface area contributed by atoms with Crippen LogP contribution in [0.3, 0.4) is 0 Å². The fourth-order valence-electron chi connectivity index (χ4n) is 4.98. The minimum atomic E-state index is -1.00. The third-order valence-electron chi connectivity index (χ3n) is 7.15. The van der Waals surface area contributed by atoms with E-state index >= 15 is 0 Å². The Bertz CT molecular complexity index is 1850. The molecule has 6 rings (SSSR count). The van der Waals surface area contributed by atoms with Crippen LogP contribution in [0.1, 0.15) is 47.5 Å². The van der Waals surface area contributed by atoms with Crippen LogP contribution < -0.4 is 14.4 Å². The van der Waals surface area contributed by atoms with Gasteiger partial charge in [0.2, 0.25) is 10.9 Å². The Morgan fingerprint density at radius 2 is 1.89 bits per heavy atom. The molecule has 9 nitrogen and oxygen atoms in total. The molecular formula is C33H29N3O6S2. The molecule has 0 saturated carbocycles. The van der Waals surface area contributed by atoms with Crippen molar-refractivity contribution in [3.8, 4) is 11.5 Å². The van der Waals surface area contributed by atoms with Gasteiger partial charge in [-0.1, -0.05) is 91.0 Å². The van der Waals surface area contributed by atoms with Crippen molar-refractivity contribution in [1.29, 1.82) is 0 Å². The molecule has 0 saturated heterocycles. The van der Waals surface area contributed by atoms with Crippen molar-refractivity contribution in [2.45, 2.75) is 35.9 Å². The highest BCUT2D eigenvalue weighted by atomic mass is 32.2. The van der Waals surface area contributed by atoms with Gasteiger partial charge < -0.3 is 19.0 Å². The van der Waals surface area contributed by atoms with Gasteiger partial charge >= 0.3 is 0 Å². The largest absolute Gasteiger partial charge is 0.503 e. The van der Waals surface area contributed by atoms with Crippen molar-refractivity contribution >= 4 is 50.9 Å². The number of benzene rings is 3. The summed E-state index contributed by atoms with van der Waals surface area (Å²) in [4.78, 5) is 29.1. The van der Waals surface area contributed by atoms with Gasteiger partial charge in [-0.3, -0.25) is 14.5 Å². The maximum absolute atomic E-state index is 14.1. The number of nitrogens with zero attached hydrogens (tertiary/aromatic N) is 3. The monoisotopic (exact) mass is 627 g/mol. The lowest BCUT2D eigenvalue weighted by Gasteiger charge is -2.24. The number of carbonyl (C=O) groups is 2. The Morgan fingerprint density at radius 1 is 1.07 bits per heavy atom. The van der Waals surface area contributed by atoms with Gasteiger partial charge in [-0.2, -0.15) is 0 Å². The van der Waals surface area contributed by atoms with Crippen LogP contribution in [0.25, 0.3) is 11.0 Å². The number of unbranched alkanes of at least 4 members (excludes halogenated alkanes) is 1. The van der Waals surface area contributed by atoms with E-state index in [1.165, 1.54) is 35.1 Å². The molecule has 224 valence electrons. The number of aliphatic hydroxyl groups is 1. The number of thioether (sulfide) groups is 1. The molecular weight excluding hydrogens is 599 g/mol. The Hall–Kier alpha value is -4.61. The van der Waals surface area contributed by atoms with E-state index in [2.05, 4.69) is 17.1 Å². The maximum atomic E-state index is 14.1. The van der Waals surface area contributed by atoms with E-state index in [1.54, 1.807) is 42.5 Å². The molecule has 1 N–H and O–H groups in total. The fraction of sp³-hybridized carbons (Fsp3) is 0.212. The van der Waals surface area contributed by atoms with Crippen molar-refractivity contribution in [2.75, 3.05) is 18.6 Å². The maximum Gasteiger partial charge on any atom is 0.296 e. The van der Waals surface area contributed by atoms with E-state index < -0.39 is 23.5 Å². The van der Waals surface area contributed by atoms with Gasteiger partial charge in [-0.25, -0.2) is 0 Å². The number of Topliss-reactive ketones (excluding diaryl/α,β-unsaturated/α-hetero) is 1. The number of furan rings is 1. The summed E-state index contributed by atoms with van der Waals surface area (Å²) in [5, 5.41) is 20.8. The highest BCUT2D eigenvalue weighted by Crippen LogP contribution is 2.45. The van der Waals surface area contributed by atoms with Crippen molar-refractivity contribution in [3.05, 3.63) is 107 Å². The van der Waals surface area contributed by atoms with Crippen LogP contribution in [-0.4, -0.2) is 40.7 Å². The second-order valence-corrected chi connectivity index (χ2v) is 12.2. The number of para-hydroxylation sites is 1. The summed E-state index contributed by atoms with van der Waals surface area (Å²) in [6.45, 7) is 2.61. The van der Waals surface area contributed by atoms with E-state index in [4.69, 9.17) is 13.9 Å². The van der Waals surface area contributed by atoms with Gasteiger partial charge in [-0.15, -0.1) is 10.2 Å². The Balaban J connectivity index is 1.38. The third-order valence-corrected chi connectivity index (χ3v) is 9.28. The second-order valence-electron chi connectivity index (χ2n) is 10.1. The van der Waals surface area contributed by atoms with E-state index in [-0.39, 0.29) is 16.5 Å². The van der Waals surface area contributed by atoms with Crippen LogP contribution in [0, 0.1) is 0 Å². The molecule has 1 unspecified atom stereocenters. The SMILES string of the molecule is CCCCOc1cccc(C2C(C(=O)c3cc4cccc(OC)c4o3)=C(O)C(=O)N2c2nnc(SCc3ccccc3)s2)c1. The number of carbonyl (C=O) groups excluding carboxylic acids is 2. The molecule has 1 amide bonds. The summed E-state index contributed by atoms with van der Waals surface area (Å²) in [6, 6.07) is 23.0. The van der Waals surface area contributed by atoms with Gasteiger partial charge in [0, 0.05) is 11.1 Å². The van der Waals surface area contributed by atoms with Crippen LogP contribution in [0.5, 0.6) is 11.5 Å². The van der Waals surface area contributed by atoms with Crippen molar-refractivity contribution in [2.24, 2.45) is 0 Å². The van der Waals surface area contributed by atoms with Gasteiger partial charge in [0.15, 0.2) is 27.2 Å². The zero-order chi connectivity index (χ0) is 30.6. The first-order chi connectivity index (χ1) is 21.5. The first kappa shape index (κ1) is 29.5. The fourth-order valence-corrected chi connectivity index (χ4v) is 6.80. The molecule has 0 spiro atoms. The Morgan fingerprint density at radius 3 is 2.68 bits per heavy atom. The molecule has 0 radical (unpaired) electrons. The van der Waals surface area contributed by atoms with Gasteiger partial charge in [0.25, 0.3) is 5.91 Å². The molecule has 2 aromatic heterocycles. The topological polar surface area (TPSA) is 115 Å². The number of aromatic nitrogens is 2. The van der Waals surface area contributed by atoms with Gasteiger partial charge in [0.05, 0.1) is 25.3 Å². The molecule has 1 atom stereocenters. The van der Waals surface area contributed by atoms with Crippen molar-refractivity contribution < 1.29 is 28.6 Å². The molecule has 11 heteroatoms. The molecule has 1 aliphatic rings. The minimum Gasteiger partial charge on any atom is -0.503 e. The summed E-state index contributed by atoms with van der Waals surface area (Å²) < 4.78 is 17.9. The number of ketones is 1. The number of anilines is 1. The van der Waals surface area contributed by atoms with E-state index in [0.717, 1.165) is 18.4 Å². The van der Waals surface area contributed by atoms with E-state index in [9.17, 15) is 14.7 Å². The first-order valence-electron chi connectivity index (χ1n) is 14.1. The number of aliphatic hydroxyl groups excluding tert-OH is 1. The number of amides is 1. The normalized spacial score (nSPS) is 14.9. The van der Waals surface area contributed by atoms with Crippen LogP contribution >= 0.6 is 23.1 Å². The molecule has 44 heavy (non-hydrogen) atoms. The molecule has 0 aliphatic carbocycles. The summed E-state index contributed by atoms with van der Waals surface area (Å²) in [7, 11) is 1.51. The smallest absolute Gasteiger partial charge is 0.296 e. The van der Waals surface area contributed by atoms with E-state index in [1.807, 2.05) is 36.4 Å². The summed E-state index contributed by atoms with van der Waals surface area (Å²) in [5.41, 5.74) is 1.97. The van der Waals surface area contributed by atoms with Crippen LogP contribution in [0.15, 0.2) is 99.0 Å². The molecule has 3 heterocycles. The average Bonchev–Trinajstić information content (AvgIpc) is 3.77. The zero-order valence-corrected chi connectivity index (χ0v) is 25.7. The minimum absolute atomic E-state index is 0.0302. The average molecular weight is 628 g/mol. The standard InChI is InChI=1S/C33H29N3O6S2/c1-3-4-16-41-23-14-8-12-21(17-23)27-26(28(37)25-18-22-13-9-15-24(40-2)30(22)42-25)29(38)31(39)36(27)32-34-35-33(44-32)43-19-20-10-6-5-7-11-20/h5-15,17-18,27,38H,3-4,16,19H2,1-2H3. The summed E-state index contributed by atoms with van der Waals surface area (Å²) in [6.07, 6.45) is 1.86. The third kappa shape index (κ3) is 5.80. The second kappa shape index (κ2) is 12.9.